The average molecular weight is 593 g/mol. The molecule has 0 bridgehead atoms. The minimum atomic E-state index is -0.786. The van der Waals surface area contributed by atoms with E-state index in [1.165, 1.54) is 7.11 Å². The monoisotopic (exact) mass is 592 g/mol. The topological polar surface area (TPSA) is 84.9 Å². The number of methoxy groups -OCH3 is 2. The van der Waals surface area contributed by atoms with Crippen molar-refractivity contribution in [2.24, 2.45) is 0 Å². The number of ether oxygens (including phenoxy) is 2. The molecule has 0 aromatic heterocycles. The lowest BCUT2D eigenvalue weighted by atomic mass is 9.78. The number of amides is 1. The Morgan fingerprint density at radius 3 is 2.21 bits per heavy atom. The molecule has 1 aliphatic carbocycles. The average Bonchev–Trinajstić information content (AvgIpc) is 3.19. The lowest BCUT2D eigenvalue weighted by Gasteiger charge is -2.35. The number of benzene rings is 4. The minimum Gasteiger partial charge on any atom is -0.497 e. The number of fused-ring (bicyclic) bond motifs is 1. The number of hydrogen-bond acceptors (Lipinski definition) is 6. The van der Waals surface area contributed by atoms with Gasteiger partial charge in [0.25, 0.3) is 5.91 Å². The lowest BCUT2D eigenvalue weighted by Crippen LogP contribution is -2.38. The first-order valence-corrected chi connectivity index (χ1v) is 14.3. The van der Waals surface area contributed by atoms with Crippen molar-refractivity contribution in [1.29, 1.82) is 0 Å². The number of hydrogen-bond donors (Lipinski definition) is 1. The van der Waals surface area contributed by atoms with Crippen LogP contribution in [0, 0.1) is 0 Å². The number of esters is 1. The second-order valence-corrected chi connectivity index (χ2v) is 10.9. The van der Waals surface area contributed by atoms with Crippen LogP contribution in [0.1, 0.15) is 56.6 Å². The Hall–Kier alpha value is -4.88. The predicted molar refractivity (Wildman–Crippen MR) is 166 cm³/mol. The summed E-state index contributed by atoms with van der Waals surface area (Å²) in [6.07, 6.45) is 0.834. The fourth-order valence-electron chi connectivity index (χ4n) is 5.92. The fraction of sp³-hybridized carbons (Fsp3) is 0.171. The van der Waals surface area contributed by atoms with Gasteiger partial charge in [-0.05, 0) is 72.0 Å². The number of rotatable bonds is 5. The Morgan fingerprint density at radius 2 is 1.51 bits per heavy atom. The summed E-state index contributed by atoms with van der Waals surface area (Å²) in [5.41, 5.74) is 4.96. The van der Waals surface area contributed by atoms with E-state index in [4.69, 9.17) is 21.1 Å². The van der Waals surface area contributed by atoms with E-state index in [0.29, 0.717) is 45.1 Å². The second-order valence-electron chi connectivity index (χ2n) is 10.5. The Balaban J connectivity index is 1.54. The van der Waals surface area contributed by atoms with Gasteiger partial charge in [0.2, 0.25) is 0 Å². The van der Waals surface area contributed by atoms with Crippen LogP contribution in [-0.4, -0.2) is 31.9 Å². The molecule has 216 valence electrons. The molecule has 7 nitrogen and oxygen atoms in total. The zero-order chi connectivity index (χ0) is 30.1. The van der Waals surface area contributed by atoms with Gasteiger partial charge in [0.05, 0.1) is 47.8 Å². The van der Waals surface area contributed by atoms with Crippen LogP contribution >= 0.6 is 11.6 Å². The van der Waals surface area contributed by atoms with Gasteiger partial charge in [-0.2, -0.15) is 0 Å². The molecule has 0 saturated heterocycles. The highest BCUT2D eigenvalue weighted by atomic mass is 35.5. The molecule has 1 aliphatic heterocycles. The number of halogens is 1. The first kappa shape index (κ1) is 28.2. The lowest BCUT2D eigenvalue weighted by molar-refractivity contribution is -0.116. The van der Waals surface area contributed by atoms with Crippen molar-refractivity contribution in [3.8, 4) is 5.75 Å². The first-order chi connectivity index (χ1) is 20.9. The van der Waals surface area contributed by atoms with E-state index in [1.54, 1.807) is 60.5 Å². The largest absolute Gasteiger partial charge is 0.497 e. The number of nitrogens with zero attached hydrogens (tertiary/aromatic N) is 1. The van der Waals surface area contributed by atoms with E-state index in [-0.39, 0.29) is 24.0 Å². The molecular formula is C35H29ClN2O5. The van der Waals surface area contributed by atoms with Crippen LogP contribution < -0.4 is 15.0 Å². The molecule has 0 saturated carbocycles. The van der Waals surface area contributed by atoms with Crippen molar-refractivity contribution < 1.29 is 23.9 Å². The molecule has 0 fully saturated rings. The summed E-state index contributed by atoms with van der Waals surface area (Å²) in [5.74, 6) is -0.206. The molecule has 0 radical (unpaired) electrons. The summed E-state index contributed by atoms with van der Waals surface area (Å²) in [6, 6.07) is 28.2. The van der Waals surface area contributed by atoms with Crippen molar-refractivity contribution in [1.82, 2.24) is 0 Å². The Labute approximate surface area is 254 Å². The number of carbonyl (C=O) groups excluding carboxylic acids is 3. The van der Waals surface area contributed by atoms with E-state index in [1.807, 2.05) is 48.5 Å². The van der Waals surface area contributed by atoms with Gasteiger partial charge in [-0.25, -0.2) is 4.79 Å². The van der Waals surface area contributed by atoms with Crippen molar-refractivity contribution >= 4 is 40.6 Å². The second kappa shape index (κ2) is 11.8. The fourth-order valence-corrected chi connectivity index (χ4v) is 6.14. The summed E-state index contributed by atoms with van der Waals surface area (Å²) in [4.78, 5) is 42.6. The van der Waals surface area contributed by atoms with Gasteiger partial charge in [-0.15, -0.1) is 0 Å². The van der Waals surface area contributed by atoms with Crippen molar-refractivity contribution in [3.63, 3.8) is 0 Å². The van der Waals surface area contributed by atoms with E-state index in [9.17, 15) is 14.4 Å². The molecule has 2 aliphatic rings. The van der Waals surface area contributed by atoms with Gasteiger partial charge in [-0.1, -0.05) is 60.1 Å². The summed E-state index contributed by atoms with van der Waals surface area (Å²) in [7, 11) is 2.95. The van der Waals surface area contributed by atoms with E-state index < -0.39 is 12.0 Å². The highest BCUT2D eigenvalue weighted by Gasteiger charge is 2.42. The number of para-hydroxylation sites is 2. The summed E-state index contributed by atoms with van der Waals surface area (Å²) in [5, 5.41) is 3.85. The van der Waals surface area contributed by atoms with Crippen molar-refractivity contribution in [2.75, 3.05) is 24.4 Å². The number of carbonyl (C=O) groups is 3. The zero-order valence-corrected chi connectivity index (χ0v) is 24.4. The van der Waals surface area contributed by atoms with Gasteiger partial charge in [0.1, 0.15) is 5.75 Å². The molecule has 6 rings (SSSR count). The highest BCUT2D eigenvalue weighted by molar-refractivity contribution is 6.34. The molecule has 4 aromatic carbocycles. The Bertz CT molecular complexity index is 1750. The van der Waals surface area contributed by atoms with Crippen LogP contribution in [0.4, 0.5) is 11.4 Å². The minimum absolute atomic E-state index is 0.0648. The van der Waals surface area contributed by atoms with E-state index in [0.717, 1.165) is 17.0 Å². The molecule has 0 unspecified atom stereocenters. The SMILES string of the molecule is COC(=O)c1ccc([C@H]2C3=C(C[C@@H](c4ccc(OC)cc4)CC3=O)Nc3ccccc3N2C(=O)c2ccccc2Cl)cc1. The van der Waals surface area contributed by atoms with E-state index >= 15 is 0 Å². The molecule has 2 atom stereocenters. The van der Waals surface area contributed by atoms with Crippen LogP contribution in [-0.2, 0) is 9.53 Å². The maximum Gasteiger partial charge on any atom is 0.337 e. The van der Waals surface area contributed by atoms with Crippen LogP contribution in [0.15, 0.2) is 108 Å². The van der Waals surface area contributed by atoms with Crippen molar-refractivity contribution in [3.05, 3.63) is 136 Å². The third kappa shape index (κ3) is 5.28. The van der Waals surface area contributed by atoms with Crippen LogP contribution in [0.2, 0.25) is 5.02 Å². The summed E-state index contributed by atoms with van der Waals surface area (Å²) < 4.78 is 10.2. The number of Topliss-reactive ketones (excluding diaryl/α,β-unsaturated/α-hetero) is 1. The third-order valence-corrected chi connectivity index (χ3v) is 8.38. The number of allylic oxidation sites excluding steroid dienone is 1. The first-order valence-electron chi connectivity index (χ1n) is 13.9. The maximum absolute atomic E-state index is 14.5. The van der Waals surface area contributed by atoms with E-state index in [2.05, 4.69) is 5.32 Å². The molecule has 1 heterocycles. The van der Waals surface area contributed by atoms with Crippen LogP contribution in [0.5, 0.6) is 5.75 Å². The predicted octanol–water partition coefficient (Wildman–Crippen LogP) is 7.35. The zero-order valence-electron chi connectivity index (χ0n) is 23.7. The Morgan fingerprint density at radius 1 is 0.837 bits per heavy atom. The Kier molecular flexibility index (Phi) is 7.74. The number of anilines is 2. The molecule has 1 N–H and O–H groups in total. The standard InChI is InChI=1S/C35H29ClN2O5/c1-42-25-17-15-21(16-18-25)24-19-29-32(31(39)20-24)33(22-11-13-23(14-12-22)35(41)43-2)38(30-10-6-5-9-28(30)37-29)34(40)26-7-3-4-8-27(26)36/h3-18,24,33,37H,19-20H2,1-2H3/t24-,33+/m1/s1. The van der Waals surface area contributed by atoms with Crippen molar-refractivity contribution in [2.45, 2.75) is 24.8 Å². The van der Waals surface area contributed by atoms with Crippen LogP contribution in [0.25, 0.3) is 0 Å². The molecule has 4 aromatic rings. The van der Waals surface area contributed by atoms with Crippen LogP contribution in [0.3, 0.4) is 0 Å². The van der Waals surface area contributed by atoms with Gasteiger partial charge in [0.15, 0.2) is 5.78 Å². The van der Waals surface area contributed by atoms with Gasteiger partial charge in [0, 0.05) is 17.7 Å². The van der Waals surface area contributed by atoms with Gasteiger partial charge < -0.3 is 14.8 Å². The summed E-state index contributed by atoms with van der Waals surface area (Å²) >= 11 is 6.54. The summed E-state index contributed by atoms with van der Waals surface area (Å²) in [6.45, 7) is 0. The smallest absolute Gasteiger partial charge is 0.337 e. The van der Waals surface area contributed by atoms with Gasteiger partial charge in [-0.3, -0.25) is 14.5 Å². The number of ketones is 1. The van der Waals surface area contributed by atoms with Gasteiger partial charge >= 0.3 is 5.97 Å². The molecular weight excluding hydrogens is 564 g/mol. The third-order valence-electron chi connectivity index (χ3n) is 8.05. The molecule has 1 amide bonds. The molecule has 0 spiro atoms. The quantitative estimate of drug-likeness (QED) is 0.244. The normalized spacial score (nSPS) is 17.7. The molecule has 8 heteroatoms. The highest BCUT2D eigenvalue weighted by Crippen LogP contribution is 2.48. The molecule has 43 heavy (non-hydrogen) atoms. The maximum atomic E-state index is 14.5. The number of nitrogens with one attached hydrogen (secondary N) is 1.